The number of hydrogen-bond acceptors (Lipinski definition) is 2. The number of nitrogens with two attached hydrogens (primary N) is 1. The smallest absolute Gasteiger partial charge is 0.122 e. The van der Waals surface area contributed by atoms with E-state index in [2.05, 4.69) is 12.6 Å². The zero-order valence-electron chi connectivity index (χ0n) is 10.0. The fourth-order valence-corrected chi connectivity index (χ4v) is 1.69. The quantitative estimate of drug-likeness (QED) is 0.788. The van der Waals surface area contributed by atoms with Crippen molar-refractivity contribution >= 4 is 5.82 Å². The third kappa shape index (κ3) is 1.87. The van der Waals surface area contributed by atoms with E-state index < -0.39 is 0 Å². The summed E-state index contributed by atoms with van der Waals surface area (Å²) in [6.07, 6.45) is 3.80. The SMILES string of the molecule is C=C/C(=C\C)Cn1c(C)c(C)c(C#N)c1N. The van der Waals surface area contributed by atoms with Gasteiger partial charge in [-0.3, -0.25) is 0 Å². The van der Waals surface area contributed by atoms with Crippen molar-refractivity contribution in [3.8, 4) is 6.07 Å². The van der Waals surface area contributed by atoms with E-state index in [1.807, 2.05) is 31.4 Å². The summed E-state index contributed by atoms with van der Waals surface area (Å²) in [5.74, 6) is 0.540. The van der Waals surface area contributed by atoms with Gasteiger partial charge in [-0.15, -0.1) is 0 Å². The summed E-state index contributed by atoms with van der Waals surface area (Å²) < 4.78 is 1.95. The molecule has 0 aliphatic heterocycles. The molecule has 0 unspecified atom stereocenters. The molecule has 0 aromatic carbocycles. The van der Waals surface area contributed by atoms with Crippen molar-refractivity contribution in [3.63, 3.8) is 0 Å². The van der Waals surface area contributed by atoms with Crippen molar-refractivity contribution in [3.05, 3.63) is 41.1 Å². The first kappa shape index (κ1) is 12.1. The zero-order chi connectivity index (χ0) is 12.3. The van der Waals surface area contributed by atoms with E-state index in [1.54, 1.807) is 6.08 Å². The minimum atomic E-state index is 0.540. The highest BCUT2D eigenvalue weighted by Crippen LogP contribution is 2.24. The van der Waals surface area contributed by atoms with Crippen LogP contribution in [0.25, 0.3) is 0 Å². The number of nitriles is 1. The van der Waals surface area contributed by atoms with Gasteiger partial charge in [0.2, 0.25) is 0 Å². The van der Waals surface area contributed by atoms with Crippen molar-refractivity contribution in [2.24, 2.45) is 0 Å². The van der Waals surface area contributed by atoms with E-state index >= 15 is 0 Å². The Labute approximate surface area is 96.5 Å². The molecule has 0 bridgehead atoms. The maximum absolute atomic E-state index is 9.01. The average molecular weight is 215 g/mol. The van der Waals surface area contributed by atoms with Crippen LogP contribution in [0.2, 0.25) is 0 Å². The molecule has 1 aromatic heterocycles. The van der Waals surface area contributed by atoms with Gasteiger partial charge in [-0.2, -0.15) is 5.26 Å². The third-order valence-electron chi connectivity index (χ3n) is 2.95. The molecule has 0 radical (unpaired) electrons. The second kappa shape index (κ2) is 4.71. The lowest BCUT2D eigenvalue weighted by Gasteiger charge is -2.09. The Hall–Kier alpha value is -1.95. The normalized spacial score (nSPS) is 11.2. The molecular weight excluding hydrogens is 198 g/mol. The Morgan fingerprint density at radius 2 is 2.19 bits per heavy atom. The van der Waals surface area contributed by atoms with Gasteiger partial charge in [0.25, 0.3) is 0 Å². The monoisotopic (exact) mass is 215 g/mol. The molecule has 0 aliphatic rings. The number of rotatable bonds is 3. The van der Waals surface area contributed by atoms with Gasteiger partial charge in [0.05, 0.1) is 5.56 Å². The second-order valence-corrected chi connectivity index (χ2v) is 3.74. The van der Waals surface area contributed by atoms with Crippen molar-refractivity contribution in [1.29, 1.82) is 5.26 Å². The summed E-state index contributed by atoms with van der Waals surface area (Å²) in [7, 11) is 0. The molecule has 1 rings (SSSR count). The summed E-state index contributed by atoms with van der Waals surface area (Å²) in [5.41, 5.74) is 9.62. The van der Waals surface area contributed by atoms with Crippen LogP contribution in [0.3, 0.4) is 0 Å². The minimum Gasteiger partial charge on any atom is -0.384 e. The molecule has 84 valence electrons. The Morgan fingerprint density at radius 1 is 1.56 bits per heavy atom. The molecule has 2 N–H and O–H groups in total. The van der Waals surface area contributed by atoms with Crippen molar-refractivity contribution in [1.82, 2.24) is 4.57 Å². The van der Waals surface area contributed by atoms with E-state index in [0.717, 1.165) is 16.8 Å². The molecular formula is C13H17N3. The van der Waals surface area contributed by atoms with Crippen LogP contribution in [0, 0.1) is 25.2 Å². The van der Waals surface area contributed by atoms with Gasteiger partial charge in [0.1, 0.15) is 11.9 Å². The molecule has 3 heteroatoms. The lowest BCUT2D eigenvalue weighted by atomic mass is 10.2. The number of hydrogen-bond donors (Lipinski definition) is 1. The highest BCUT2D eigenvalue weighted by atomic mass is 15.1. The maximum atomic E-state index is 9.01. The predicted molar refractivity (Wildman–Crippen MR) is 67.0 cm³/mol. The number of anilines is 1. The van der Waals surface area contributed by atoms with E-state index in [9.17, 15) is 0 Å². The first-order chi connectivity index (χ1) is 7.56. The van der Waals surface area contributed by atoms with E-state index in [-0.39, 0.29) is 0 Å². The molecule has 0 spiro atoms. The summed E-state index contributed by atoms with van der Waals surface area (Å²) in [6, 6.07) is 2.14. The topological polar surface area (TPSA) is 54.7 Å². The largest absolute Gasteiger partial charge is 0.384 e. The summed E-state index contributed by atoms with van der Waals surface area (Å²) >= 11 is 0. The van der Waals surface area contributed by atoms with Gasteiger partial charge in [0.15, 0.2) is 0 Å². The van der Waals surface area contributed by atoms with Crippen LogP contribution in [0.15, 0.2) is 24.3 Å². The number of nitrogens with zero attached hydrogens (tertiary/aromatic N) is 2. The predicted octanol–water partition coefficient (Wildman–Crippen LogP) is 2.69. The molecule has 0 atom stereocenters. The molecule has 0 aliphatic carbocycles. The molecule has 0 saturated carbocycles. The van der Waals surface area contributed by atoms with Crippen LogP contribution < -0.4 is 5.73 Å². The van der Waals surface area contributed by atoms with Crippen LogP contribution in [0.4, 0.5) is 5.82 Å². The van der Waals surface area contributed by atoms with Gasteiger partial charge in [-0.25, -0.2) is 0 Å². The Balaban J connectivity index is 3.26. The summed E-state index contributed by atoms with van der Waals surface area (Å²) in [6.45, 7) is 10.3. The van der Waals surface area contributed by atoms with Gasteiger partial charge in [-0.05, 0) is 31.9 Å². The third-order valence-corrected chi connectivity index (χ3v) is 2.95. The molecule has 1 heterocycles. The molecule has 0 amide bonds. The van der Waals surface area contributed by atoms with Crippen LogP contribution in [-0.4, -0.2) is 4.57 Å². The zero-order valence-corrected chi connectivity index (χ0v) is 10.0. The highest BCUT2D eigenvalue weighted by molar-refractivity contribution is 5.58. The standard InChI is InChI=1S/C13H17N3/c1-5-11(6-2)8-16-10(4)9(3)12(7-14)13(16)15/h5-6H,1,8,15H2,2-4H3/b11-6+. The lowest BCUT2D eigenvalue weighted by Crippen LogP contribution is -2.06. The number of allylic oxidation sites excluding steroid dienone is 3. The van der Waals surface area contributed by atoms with E-state index in [0.29, 0.717) is 17.9 Å². The second-order valence-electron chi connectivity index (χ2n) is 3.74. The molecule has 1 aromatic rings. The summed E-state index contributed by atoms with van der Waals surface area (Å²) in [5, 5.41) is 9.01. The number of aromatic nitrogens is 1. The van der Waals surface area contributed by atoms with Crippen LogP contribution in [0.5, 0.6) is 0 Å². The minimum absolute atomic E-state index is 0.540. The molecule has 0 saturated heterocycles. The maximum Gasteiger partial charge on any atom is 0.122 e. The Kier molecular flexibility index (Phi) is 3.57. The molecule has 16 heavy (non-hydrogen) atoms. The van der Waals surface area contributed by atoms with Gasteiger partial charge >= 0.3 is 0 Å². The molecule has 3 nitrogen and oxygen atoms in total. The summed E-state index contributed by atoms with van der Waals surface area (Å²) in [4.78, 5) is 0. The van der Waals surface area contributed by atoms with Crippen molar-refractivity contribution < 1.29 is 0 Å². The highest BCUT2D eigenvalue weighted by Gasteiger charge is 2.14. The van der Waals surface area contributed by atoms with Crippen LogP contribution >= 0.6 is 0 Å². The van der Waals surface area contributed by atoms with E-state index in [1.165, 1.54) is 0 Å². The van der Waals surface area contributed by atoms with Crippen LogP contribution in [-0.2, 0) is 6.54 Å². The van der Waals surface area contributed by atoms with Gasteiger partial charge in [0, 0.05) is 12.2 Å². The first-order valence-electron chi connectivity index (χ1n) is 5.19. The Bertz CT molecular complexity index is 484. The van der Waals surface area contributed by atoms with Crippen LogP contribution in [0.1, 0.15) is 23.7 Å². The fourth-order valence-electron chi connectivity index (χ4n) is 1.69. The molecule has 0 fully saturated rings. The van der Waals surface area contributed by atoms with Gasteiger partial charge < -0.3 is 10.3 Å². The lowest BCUT2D eigenvalue weighted by molar-refractivity contribution is 0.782. The van der Waals surface area contributed by atoms with Crippen molar-refractivity contribution in [2.45, 2.75) is 27.3 Å². The van der Waals surface area contributed by atoms with Crippen molar-refractivity contribution in [2.75, 3.05) is 5.73 Å². The first-order valence-corrected chi connectivity index (χ1v) is 5.19. The Morgan fingerprint density at radius 3 is 2.56 bits per heavy atom. The van der Waals surface area contributed by atoms with Gasteiger partial charge in [-0.1, -0.05) is 18.7 Å². The van der Waals surface area contributed by atoms with E-state index in [4.69, 9.17) is 11.0 Å². The fraction of sp³-hybridized carbons (Fsp3) is 0.308. The average Bonchev–Trinajstić information content (AvgIpc) is 2.49. The number of nitrogen functional groups attached to an aromatic ring is 1.